The quantitative estimate of drug-likeness (QED) is 0.193. The highest BCUT2D eigenvalue weighted by atomic mass is 32.2. The molecule has 0 spiro atoms. The lowest BCUT2D eigenvalue weighted by molar-refractivity contribution is 0.670. The van der Waals surface area contributed by atoms with Gasteiger partial charge in [-0.2, -0.15) is 0 Å². The maximum Gasteiger partial charge on any atom is 0.143 e. The molecule has 0 bridgehead atoms. The second-order valence-electron chi connectivity index (χ2n) is 13.9. The first-order chi connectivity index (χ1) is 26.7. The van der Waals surface area contributed by atoms with Gasteiger partial charge in [-0.25, -0.2) is 4.99 Å². The monoisotopic (exact) mass is 708 g/mol. The first kappa shape index (κ1) is 31.0. The smallest absolute Gasteiger partial charge is 0.143 e. The van der Waals surface area contributed by atoms with Gasteiger partial charge in [-0.05, 0) is 86.6 Å². The third-order valence-corrected chi connectivity index (χ3v) is 12.0. The van der Waals surface area contributed by atoms with Crippen molar-refractivity contribution in [3.8, 4) is 33.4 Å². The van der Waals surface area contributed by atoms with E-state index in [1.165, 1.54) is 48.4 Å². The molecule has 0 saturated heterocycles. The average Bonchev–Trinajstić information content (AvgIpc) is 3.82. The minimum Gasteiger partial charge on any atom is -0.455 e. The predicted molar refractivity (Wildman–Crippen MR) is 226 cm³/mol. The molecule has 0 radical (unpaired) electrons. The van der Waals surface area contributed by atoms with Gasteiger partial charge in [0, 0.05) is 37.3 Å². The van der Waals surface area contributed by atoms with Gasteiger partial charge in [-0.3, -0.25) is 0 Å². The number of benzene rings is 8. The summed E-state index contributed by atoms with van der Waals surface area (Å²) in [5.74, 6) is 0.844. The summed E-state index contributed by atoms with van der Waals surface area (Å²) in [6.07, 6.45) is 0. The van der Waals surface area contributed by atoms with Gasteiger partial charge in [0.25, 0.3) is 0 Å². The molecule has 0 amide bonds. The molecule has 0 saturated carbocycles. The van der Waals surface area contributed by atoms with Crippen LogP contribution in [0.4, 0.5) is 0 Å². The Morgan fingerprint density at radius 1 is 0.500 bits per heavy atom. The second kappa shape index (κ2) is 12.5. The van der Waals surface area contributed by atoms with Crippen LogP contribution < -0.4 is 5.32 Å². The number of aliphatic imine (C=N–C) groups is 1. The second-order valence-corrected chi connectivity index (χ2v) is 15.0. The molecule has 1 atom stereocenters. The predicted octanol–water partition coefficient (Wildman–Crippen LogP) is 13.3. The van der Waals surface area contributed by atoms with Crippen molar-refractivity contribution in [2.75, 3.05) is 0 Å². The Kier molecular flexibility index (Phi) is 7.17. The number of hydrogen-bond donors (Lipinski definition) is 1. The van der Waals surface area contributed by atoms with E-state index in [9.17, 15) is 0 Å². The van der Waals surface area contributed by atoms with Crippen LogP contribution in [0.5, 0.6) is 0 Å². The number of nitrogens with one attached hydrogen (secondary N) is 1. The molecule has 254 valence electrons. The molecule has 11 rings (SSSR count). The van der Waals surface area contributed by atoms with Gasteiger partial charge in [0.15, 0.2) is 0 Å². The minimum atomic E-state index is -0.0136. The van der Waals surface area contributed by atoms with Gasteiger partial charge in [-0.1, -0.05) is 151 Å². The van der Waals surface area contributed by atoms with E-state index in [-0.39, 0.29) is 6.04 Å². The zero-order valence-electron chi connectivity index (χ0n) is 29.2. The van der Waals surface area contributed by atoms with E-state index in [4.69, 9.17) is 9.41 Å². The number of amidine groups is 1. The van der Waals surface area contributed by atoms with Crippen molar-refractivity contribution >= 4 is 56.0 Å². The van der Waals surface area contributed by atoms with Crippen LogP contribution in [0.1, 0.15) is 22.7 Å². The zero-order valence-corrected chi connectivity index (χ0v) is 30.0. The minimum absolute atomic E-state index is 0.0136. The topological polar surface area (TPSA) is 37.5 Å². The average molecular weight is 709 g/mol. The lowest BCUT2D eigenvalue weighted by Crippen LogP contribution is -2.32. The fourth-order valence-corrected chi connectivity index (χ4v) is 9.34. The molecule has 0 aliphatic carbocycles. The number of hydrogen-bond acceptors (Lipinski definition) is 4. The fraction of sp³-hybridized carbons (Fsp3) is 0.0200. The van der Waals surface area contributed by atoms with Crippen molar-refractivity contribution in [3.63, 3.8) is 0 Å². The summed E-state index contributed by atoms with van der Waals surface area (Å²) in [4.78, 5) is 8.02. The number of furan rings is 1. The highest BCUT2D eigenvalue weighted by molar-refractivity contribution is 8.03. The molecular formula is C50H32N2OS. The molecule has 9 aromatic rings. The third kappa shape index (κ3) is 5.10. The summed E-state index contributed by atoms with van der Waals surface area (Å²) in [7, 11) is 0. The number of thioether (sulfide) groups is 1. The number of fused-ring (bicyclic) bond motifs is 7. The van der Waals surface area contributed by atoms with Crippen molar-refractivity contribution in [1.29, 1.82) is 0 Å². The van der Waals surface area contributed by atoms with E-state index >= 15 is 0 Å². The highest BCUT2D eigenvalue weighted by Gasteiger charge is 2.36. The third-order valence-electron chi connectivity index (χ3n) is 10.7. The molecule has 1 unspecified atom stereocenters. The summed E-state index contributed by atoms with van der Waals surface area (Å²) in [6, 6.07) is 64.8. The molecule has 1 N–H and O–H groups in total. The van der Waals surface area contributed by atoms with Gasteiger partial charge in [0.2, 0.25) is 0 Å². The lowest BCUT2D eigenvalue weighted by atomic mass is 9.94. The molecule has 2 aliphatic heterocycles. The maximum atomic E-state index is 6.76. The summed E-state index contributed by atoms with van der Waals surface area (Å²) in [5, 5.41) is 8.46. The number of rotatable bonds is 5. The first-order valence-electron chi connectivity index (χ1n) is 18.3. The van der Waals surface area contributed by atoms with Crippen molar-refractivity contribution in [2.24, 2.45) is 4.99 Å². The number of nitrogens with zero attached hydrogens (tertiary/aromatic N) is 1. The fourth-order valence-electron chi connectivity index (χ4n) is 8.09. The van der Waals surface area contributed by atoms with Crippen LogP contribution in [0.15, 0.2) is 201 Å². The molecule has 0 fully saturated rings. The Morgan fingerprint density at radius 2 is 1.13 bits per heavy atom. The molecule has 4 heteroatoms. The standard InChI is InChI=1S/C50H32N2OS/c1-3-12-31(13-4-1)33-16-11-17-37(29-33)39-26-27-42(45-40-18-7-9-20-43(40)53-48(39)45)50-51-46(49-47(52-50)41-19-8-10-21-44(41)54-49)38-25-24-35-28-34(22-23-36(35)30-38)32-14-5-2-6-15-32/h1-30,47H,(H,51,52). The normalized spacial score (nSPS) is 15.0. The Bertz CT molecular complexity index is 3000. The van der Waals surface area contributed by atoms with E-state index in [0.717, 1.165) is 55.7 Å². The first-order valence-corrected chi connectivity index (χ1v) is 19.1. The largest absolute Gasteiger partial charge is 0.455 e. The van der Waals surface area contributed by atoms with E-state index in [2.05, 4.69) is 181 Å². The SMILES string of the molecule is c1ccc(-c2cccc(-c3ccc(C4=NC(c5ccc6cc(-c7ccccc7)ccc6c5)=C5Sc6ccccc6C5N4)c4c3oc3ccccc34)c2)cc1. The summed E-state index contributed by atoms with van der Waals surface area (Å²) in [6.45, 7) is 0. The van der Waals surface area contributed by atoms with E-state index in [1.54, 1.807) is 0 Å². The van der Waals surface area contributed by atoms with Crippen LogP contribution in [0.3, 0.4) is 0 Å². The Morgan fingerprint density at radius 3 is 1.94 bits per heavy atom. The van der Waals surface area contributed by atoms with Crippen molar-refractivity contribution in [2.45, 2.75) is 10.9 Å². The summed E-state index contributed by atoms with van der Waals surface area (Å²) >= 11 is 1.82. The Balaban J connectivity index is 1.08. The molecule has 2 aliphatic rings. The van der Waals surface area contributed by atoms with Gasteiger partial charge >= 0.3 is 0 Å². The zero-order chi connectivity index (χ0) is 35.6. The Hall–Kier alpha value is -6.62. The molecule has 54 heavy (non-hydrogen) atoms. The molecule has 3 heterocycles. The maximum absolute atomic E-state index is 6.76. The molecular weight excluding hydrogens is 677 g/mol. The summed E-state index contributed by atoms with van der Waals surface area (Å²) < 4.78 is 6.76. The van der Waals surface area contributed by atoms with Crippen LogP contribution in [0, 0.1) is 0 Å². The molecule has 1 aromatic heterocycles. The lowest BCUT2D eigenvalue weighted by Gasteiger charge is -2.26. The van der Waals surface area contributed by atoms with Crippen LogP contribution >= 0.6 is 11.8 Å². The Labute approximate surface area is 317 Å². The van der Waals surface area contributed by atoms with Gasteiger partial charge < -0.3 is 9.73 Å². The van der Waals surface area contributed by atoms with Gasteiger partial charge in [0.05, 0.1) is 11.7 Å². The van der Waals surface area contributed by atoms with Gasteiger partial charge in [0.1, 0.15) is 17.0 Å². The highest BCUT2D eigenvalue weighted by Crippen LogP contribution is 2.52. The van der Waals surface area contributed by atoms with E-state index in [0.29, 0.717) is 0 Å². The van der Waals surface area contributed by atoms with Crippen LogP contribution in [0.2, 0.25) is 0 Å². The van der Waals surface area contributed by atoms with Gasteiger partial charge in [-0.15, -0.1) is 0 Å². The van der Waals surface area contributed by atoms with E-state index < -0.39 is 0 Å². The van der Waals surface area contributed by atoms with Crippen LogP contribution in [0.25, 0.3) is 71.8 Å². The van der Waals surface area contributed by atoms with Crippen molar-refractivity contribution in [1.82, 2.24) is 5.32 Å². The van der Waals surface area contributed by atoms with Crippen LogP contribution in [-0.2, 0) is 0 Å². The van der Waals surface area contributed by atoms with E-state index in [1.807, 2.05) is 17.8 Å². The molecule has 3 nitrogen and oxygen atoms in total. The van der Waals surface area contributed by atoms with Crippen molar-refractivity contribution in [3.05, 3.63) is 204 Å². The van der Waals surface area contributed by atoms with Crippen molar-refractivity contribution < 1.29 is 4.42 Å². The summed E-state index contributed by atoms with van der Waals surface area (Å²) in [5.41, 5.74) is 13.1. The van der Waals surface area contributed by atoms with Crippen LogP contribution in [-0.4, -0.2) is 5.84 Å². The number of para-hydroxylation sites is 1. The molecule has 8 aromatic carbocycles.